The number of nitro benzene ring substituents is 1. The molecule has 30 heavy (non-hydrogen) atoms. The molecular formula is C22H28N4O4. The molecule has 0 aliphatic carbocycles. The van der Waals surface area contributed by atoms with E-state index >= 15 is 0 Å². The first-order valence-corrected chi connectivity index (χ1v) is 10.0. The number of nitrogens with zero attached hydrogens (tertiary/aromatic N) is 3. The van der Waals surface area contributed by atoms with Crippen molar-refractivity contribution >= 4 is 17.3 Å². The molecule has 2 aromatic rings. The molecule has 1 atom stereocenters. The van der Waals surface area contributed by atoms with Crippen LogP contribution in [0, 0.1) is 10.1 Å². The lowest BCUT2D eigenvalue weighted by Gasteiger charge is -2.26. The number of hydrogen-bond acceptors (Lipinski definition) is 6. The molecule has 8 heteroatoms. The number of nitro groups is 1. The molecule has 8 nitrogen and oxygen atoms in total. The predicted molar refractivity (Wildman–Crippen MR) is 116 cm³/mol. The van der Waals surface area contributed by atoms with Crippen LogP contribution < -0.4 is 15.0 Å². The molecule has 1 saturated heterocycles. The minimum Gasteiger partial charge on any atom is -0.497 e. The summed E-state index contributed by atoms with van der Waals surface area (Å²) in [7, 11) is 5.51. The fourth-order valence-corrected chi connectivity index (χ4v) is 3.79. The first-order valence-electron chi connectivity index (χ1n) is 10.0. The third-order valence-corrected chi connectivity index (χ3v) is 5.44. The van der Waals surface area contributed by atoms with Crippen LogP contribution in [-0.2, 0) is 0 Å². The van der Waals surface area contributed by atoms with Crippen molar-refractivity contribution in [2.24, 2.45) is 0 Å². The Morgan fingerprint density at radius 1 is 1.23 bits per heavy atom. The molecule has 1 aliphatic rings. The summed E-state index contributed by atoms with van der Waals surface area (Å²) in [4.78, 5) is 28.0. The molecule has 1 N–H and O–H groups in total. The largest absolute Gasteiger partial charge is 0.497 e. The summed E-state index contributed by atoms with van der Waals surface area (Å²) in [6, 6.07) is 12.2. The fraction of sp³-hybridized carbons (Fsp3) is 0.409. The third-order valence-electron chi connectivity index (χ3n) is 5.44. The van der Waals surface area contributed by atoms with Crippen molar-refractivity contribution in [3.05, 3.63) is 63.7 Å². The summed E-state index contributed by atoms with van der Waals surface area (Å²) in [5.74, 6) is 0.441. The Hall–Kier alpha value is -3.13. The van der Waals surface area contributed by atoms with Gasteiger partial charge in [-0.1, -0.05) is 12.1 Å². The van der Waals surface area contributed by atoms with Crippen LogP contribution in [0.3, 0.4) is 0 Å². The first-order chi connectivity index (χ1) is 14.4. The lowest BCUT2D eigenvalue weighted by Crippen LogP contribution is -2.35. The number of benzene rings is 2. The van der Waals surface area contributed by atoms with Crippen molar-refractivity contribution in [2.45, 2.75) is 18.9 Å². The van der Waals surface area contributed by atoms with Gasteiger partial charge in [-0.25, -0.2) is 0 Å². The summed E-state index contributed by atoms with van der Waals surface area (Å²) in [6.07, 6.45) is 2.10. The molecule has 2 aromatic carbocycles. The van der Waals surface area contributed by atoms with E-state index in [9.17, 15) is 14.9 Å². The van der Waals surface area contributed by atoms with Gasteiger partial charge in [-0.05, 0) is 50.7 Å². The van der Waals surface area contributed by atoms with Crippen LogP contribution in [-0.4, -0.2) is 56.6 Å². The van der Waals surface area contributed by atoms with Gasteiger partial charge in [0.05, 0.1) is 29.3 Å². The van der Waals surface area contributed by atoms with Gasteiger partial charge in [-0.2, -0.15) is 0 Å². The molecule has 0 radical (unpaired) electrons. The van der Waals surface area contributed by atoms with E-state index < -0.39 is 4.92 Å². The Morgan fingerprint density at radius 3 is 2.60 bits per heavy atom. The Balaban J connectivity index is 1.82. The highest BCUT2D eigenvalue weighted by Gasteiger charge is 2.24. The summed E-state index contributed by atoms with van der Waals surface area (Å²) < 4.78 is 5.31. The lowest BCUT2D eigenvalue weighted by molar-refractivity contribution is -0.384. The standard InChI is InChI=1S/C22H28N4O4/c1-24(2)21(16-7-6-8-18(13-16)30-3)15-23-22(27)19-14-17(26(28)29)9-10-20(19)25-11-4-5-12-25/h6-10,13-14,21H,4-5,11-12,15H2,1-3H3,(H,23,27). The van der Waals surface area contributed by atoms with Crippen LogP contribution >= 0.6 is 0 Å². The van der Waals surface area contributed by atoms with Crippen molar-refractivity contribution in [3.63, 3.8) is 0 Å². The molecule has 160 valence electrons. The number of ether oxygens (including phenoxy) is 1. The van der Waals surface area contributed by atoms with E-state index in [4.69, 9.17) is 4.74 Å². The molecule has 0 bridgehead atoms. The van der Waals surface area contributed by atoms with Crippen LogP contribution in [0.1, 0.15) is 34.8 Å². The van der Waals surface area contributed by atoms with E-state index in [-0.39, 0.29) is 17.6 Å². The van der Waals surface area contributed by atoms with Gasteiger partial charge in [-0.3, -0.25) is 14.9 Å². The summed E-state index contributed by atoms with van der Waals surface area (Å²) >= 11 is 0. The summed E-state index contributed by atoms with van der Waals surface area (Å²) in [5.41, 5.74) is 2.02. The van der Waals surface area contributed by atoms with E-state index in [0.717, 1.165) is 42.9 Å². The highest BCUT2D eigenvalue weighted by molar-refractivity contribution is 6.00. The second kappa shape index (κ2) is 9.58. The van der Waals surface area contributed by atoms with Crippen molar-refractivity contribution in [1.29, 1.82) is 0 Å². The molecule has 1 unspecified atom stereocenters. The molecule has 0 saturated carbocycles. The van der Waals surface area contributed by atoms with E-state index in [1.54, 1.807) is 13.2 Å². The van der Waals surface area contributed by atoms with Gasteiger partial charge < -0.3 is 19.9 Å². The van der Waals surface area contributed by atoms with E-state index in [2.05, 4.69) is 10.2 Å². The average molecular weight is 412 g/mol. The SMILES string of the molecule is COc1cccc(C(CNC(=O)c2cc([N+](=O)[O-])ccc2N2CCCC2)N(C)C)c1. The maximum absolute atomic E-state index is 13.1. The topological polar surface area (TPSA) is 87.9 Å². The number of anilines is 1. The quantitative estimate of drug-likeness (QED) is 0.529. The number of nitrogens with one attached hydrogen (secondary N) is 1. The second-order valence-electron chi connectivity index (χ2n) is 7.62. The van der Waals surface area contributed by atoms with E-state index in [0.29, 0.717) is 12.1 Å². The number of non-ortho nitro benzene ring substituents is 1. The Kier molecular flexibility index (Phi) is 6.89. The van der Waals surface area contributed by atoms with E-state index in [1.165, 1.54) is 12.1 Å². The van der Waals surface area contributed by atoms with Gasteiger partial charge in [0, 0.05) is 31.8 Å². The van der Waals surface area contributed by atoms with Gasteiger partial charge in [0.2, 0.25) is 0 Å². The number of carbonyl (C=O) groups is 1. The zero-order valence-corrected chi connectivity index (χ0v) is 17.6. The number of carbonyl (C=O) groups excluding carboxylic acids is 1. The average Bonchev–Trinajstić information content (AvgIpc) is 3.28. The van der Waals surface area contributed by atoms with Crippen molar-refractivity contribution in [3.8, 4) is 5.75 Å². The predicted octanol–water partition coefficient (Wildman–Crippen LogP) is 3.24. The highest BCUT2D eigenvalue weighted by atomic mass is 16.6. The van der Waals surface area contributed by atoms with Crippen LogP contribution in [0.15, 0.2) is 42.5 Å². The van der Waals surface area contributed by atoms with E-state index in [1.807, 2.05) is 43.3 Å². The summed E-state index contributed by atoms with van der Waals surface area (Å²) in [5, 5.41) is 14.2. The number of methoxy groups -OCH3 is 1. The minimum atomic E-state index is -0.469. The molecule has 0 aromatic heterocycles. The maximum atomic E-state index is 13.1. The second-order valence-corrected chi connectivity index (χ2v) is 7.62. The van der Waals surface area contributed by atoms with Gasteiger partial charge in [0.25, 0.3) is 11.6 Å². The number of rotatable bonds is 8. The molecule has 3 rings (SSSR count). The Labute approximate surface area is 176 Å². The highest BCUT2D eigenvalue weighted by Crippen LogP contribution is 2.29. The maximum Gasteiger partial charge on any atom is 0.270 e. The number of likely N-dealkylation sites (N-methyl/N-ethyl adjacent to an activating group) is 1. The molecule has 0 spiro atoms. The zero-order valence-electron chi connectivity index (χ0n) is 17.6. The monoisotopic (exact) mass is 412 g/mol. The fourth-order valence-electron chi connectivity index (χ4n) is 3.79. The van der Waals surface area contributed by atoms with Gasteiger partial charge in [0.15, 0.2) is 0 Å². The normalized spacial score (nSPS) is 14.6. The van der Waals surface area contributed by atoms with Crippen LogP contribution in [0.25, 0.3) is 0 Å². The van der Waals surface area contributed by atoms with Crippen molar-refractivity contribution in [1.82, 2.24) is 10.2 Å². The minimum absolute atomic E-state index is 0.0713. The molecular weight excluding hydrogens is 384 g/mol. The first kappa shape index (κ1) is 21.6. The zero-order chi connectivity index (χ0) is 21.7. The molecule has 1 amide bonds. The van der Waals surface area contributed by atoms with Crippen LogP contribution in [0.2, 0.25) is 0 Å². The van der Waals surface area contributed by atoms with Gasteiger partial charge in [-0.15, -0.1) is 0 Å². The molecule has 1 aliphatic heterocycles. The molecule has 1 heterocycles. The van der Waals surface area contributed by atoms with Gasteiger partial charge >= 0.3 is 0 Å². The van der Waals surface area contributed by atoms with Crippen molar-refractivity contribution < 1.29 is 14.5 Å². The Bertz CT molecular complexity index is 910. The van der Waals surface area contributed by atoms with Crippen molar-refractivity contribution in [2.75, 3.05) is 45.7 Å². The number of amides is 1. The number of hydrogen-bond donors (Lipinski definition) is 1. The Morgan fingerprint density at radius 2 is 1.97 bits per heavy atom. The molecule has 1 fully saturated rings. The van der Waals surface area contributed by atoms with Crippen LogP contribution in [0.4, 0.5) is 11.4 Å². The summed E-state index contributed by atoms with van der Waals surface area (Å²) in [6.45, 7) is 2.06. The lowest BCUT2D eigenvalue weighted by atomic mass is 10.0. The van der Waals surface area contributed by atoms with Gasteiger partial charge in [0.1, 0.15) is 5.75 Å². The smallest absolute Gasteiger partial charge is 0.270 e. The third kappa shape index (κ3) is 4.88. The van der Waals surface area contributed by atoms with Crippen LogP contribution in [0.5, 0.6) is 5.75 Å².